The van der Waals surface area contributed by atoms with Crippen LogP contribution in [0.1, 0.15) is 37.7 Å². The Morgan fingerprint density at radius 3 is 2.72 bits per heavy atom. The molecule has 0 saturated carbocycles. The molecule has 2 aliphatic rings. The molecule has 1 N–H and O–H groups in total. The maximum atomic E-state index is 13.3. The summed E-state index contributed by atoms with van der Waals surface area (Å²) in [6, 6.07) is 12.7. The third-order valence-corrected chi connectivity index (χ3v) is 7.24. The number of halogens is 2. The van der Waals surface area contributed by atoms with Gasteiger partial charge in [0.2, 0.25) is 0 Å². The summed E-state index contributed by atoms with van der Waals surface area (Å²) in [5.41, 5.74) is 2.85. The molecular weight excluding hydrogens is 407 g/mol. The predicted octanol–water partition coefficient (Wildman–Crippen LogP) is 6.05. The largest absolute Gasteiger partial charge is 0.341 e. The molecule has 0 bridgehead atoms. The normalized spacial score (nSPS) is 25.2. The minimum atomic E-state index is -0.209. The number of nitrogens with one attached hydrogen (secondary N) is 1. The number of thioether (sulfide) groups is 1. The Morgan fingerprint density at radius 1 is 1.17 bits per heavy atom. The number of fused-ring (bicyclic) bond motifs is 1. The van der Waals surface area contributed by atoms with Crippen LogP contribution in [-0.2, 0) is 0 Å². The number of nitrogens with zero attached hydrogens (tertiary/aromatic N) is 3. The molecule has 0 aliphatic carbocycles. The maximum absolute atomic E-state index is 13.3. The smallest absolute Gasteiger partial charge is 0.126 e. The lowest BCUT2D eigenvalue weighted by Gasteiger charge is -2.36. The van der Waals surface area contributed by atoms with E-state index in [0.29, 0.717) is 10.9 Å². The summed E-state index contributed by atoms with van der Waals surface area (Å²) in [7, 11) is 0. The lowest BCUT2D eigenvalue weighted by molar-refractivity contribution is -0.00509. The van der Waals surface area contributed by atoms with E-state index in [-0.39, 0.29) is 17.2 Å². The molecule has 2 aromatic carbocycles. The number of hydrogen-bond acceptors (Lipinski definition) is 4. The third kappa shape index (κ3) is 3.33. The summed E-state index contributed by atoms with van der Waals surface area (Å²) in [6.45, 7) is 5.44. The molecule has 1 unspecified atom stereocenters. The van der Waals surface area contributed by atoms with Crippen LogP contribution in [0.5, 0.6) is 0 Å². The lowest BCUT2D eigenvalue weighted by Crippen LogP contribution is -2.41. The van der Waals surface area contributed by atoms with Gasteiger partial charge in [-0.15, -0.1) is 0 Å². The van der Waals surface area contributed by atoms with Crippen LogP contribution in [0.4, 0.5) is 4.39 Å². The molecule has 0 radical (unpaired) electrons. The van der Waals surface area contributed by atoms with Crippen molar-refractivity contribution in [1.82, 2.24) is 20.0 Å². The summed E-state index contributed by atoms with van der Waals surface area (Å²) in [5.74, 6) is 1.22. The number of aromatic amines is 1. The Morgan fingerprint density at radius 2 is 1.97 bits per heavy atom. The molecule has 3 heterocycles. The van der Waals surface area contributed by atoms with Crippen molar-refractivity contribution in [3.8, 4) is 0 Å². The van der Waals surface area contributed by atoms with E-state index in [4.69, 9.17) is 16.6 Å². The average Bonchev–Trinajstić information content (AvgIpc) is 3.39. The Bertz CT molecular complexity index is 1080. The molecule has 4 nitrogen and oxygen atoms in total. The number of hydrazine groups is 1. The first-order valence-electron chi connectivity index (χ1n) is 9.84. The van der Waals surface area contributed by atoms with E-state index >= 15 is 0 Å². The van der Waals surface area contributed by atoms with Gasteiger partial charge in [-0.25, -0.2) is 14.4 Å². The highest BCUT2D eigenvalue weighted by Gasteiger charge is 2.40. The van der Waals surface area contributed by atoms with Crippen LogP contribution in [0.15, 0.2) is 48.7 Å². The van der Waals surface area contributed by atoms with Crippen molar-refractivity contribution in [3.63, 3.8) is 0 Å². The number of imidazole rings is 1. The fourth-order valence-corrected chi connectivity index (χ4v) is 5.60. The molecule has 5 rings (SSSR count). The topological polar surface area (TPSA) is 35.2 Å². The van der Waals surface area contributed by atoms with Gasteiger partial charge in [0, 0.05) is 17.6 Å². The molecule has 150 valence electrons. The number of hydrogen-bond donors (Lipinski definition) is 1. The first-order valence-corrected chi connectivity index (χ1v) is 11.1. The number of para-hydroxylation sites is 1. The third-order valence-electron chi connectivity index (χ3n) is 5.78. The van der Waals surface area contributed by atoms with Crippen LogP contribution in [-0.4, -0.2) is 31.9 Å². The number of rotatable bonds is 3. The highest BCUT2D eigenvalue weighted by atomic mass is 35.5. The molecule has 29 heavy (non-hydrogen) atoms. The highest BCUT2D eigenvalue weighted by Crippen LogP contribution is 2.45. The average molecular weight is 429 g/mol. The standard InChI is InChI=1S/C22H22ClFN4S/c1-13-10-11-27(21(13)22-25-18-5-3-4-17(23)20(18)26-22)28-12-19(29-14(28)2)15-6-8-16(24)9-7-15/h3-9,12-14,21H,10-11H2,1-2H3,(H,25,26)/t13-,14?,21-/m0/s1. The summed E-state index contributed by atoms with van der Waals surface area (Å²) >= 11 is 8.15. The molecule has 1 saturated heterocycles. The van der Waals surface area contributed by atoms with Gasteiger partial charge in [-0.1, -0.05) is 48.5 Å². The van der Waals surface area contributed by atoms with E-state index in [9.17, 15) is 4.39 Å². The second-order valence-electron chi connectivity index (χ2n) is 7.73. The highest BCUT2D eigenvalue weighted by molar-refractivity contribution is 8.09. The molecule has 3 atom stereocenters. The lowest BCUT2D eigenvalue weighted by atomic mass is 10.0. The van der Waals surface area contributed by atoms with Crippen molar-refractivity contribution < 1.29 is 4.39 Å². The van der Waals surface area contributed by atoms with Gasteiger partial charge in [0.15, 0.2) is 0 Å². The zero-order valence-corrected chi connectivity index (χ0v) is 17.8. The van der Waals surface area contributed by atoms with Crippen molar-refractivity contribution in [1.29, 1.82) is 0 Å². The van der Waals surface area contributed by atoms with E-state index in [0.717, 1.165) is 40.3 Å². The number of benzene rings is 2. The Balaban J connectivity index is 1.49. The van der Waals surface area contributed by atoms with Crippen molar-refractivity contribution >= 4 is 39.3 Å². The second kappa shape index (κ2) is 7.35. The molecule has 1 aromatic heterocycles. The Labute approximate surface area is 178 Å². The monoisotopic (exact) mass is 428 g/mol. The zero-order valence-electron chi connectivity index (χ0n) is 16.3. The first-order chi connectivity index (χ1) is 14.0. The van der Waals surface area contributed by atoms with Crippen molar-refractivity contribution in [3.05, 3.63) is 70.9 Å². The zero-order chi connectivity index (χ0) is 20.1. The van der Waals surface area contributed by atoms with Crippen LogP contribution in [0.3, 0.4) is 0 Å². The summed E-state index contributed by atoms with van der Waals surface area (Å²) < 4.78 is 13.3. The van der Waals surface area contributed by atoms with Gasteiger partial charge in [-0.05, 0) is 49.1 Å². The second-order valence-corrected chi connectivity index (χ2v) is 9.49. The fourth-order valence-electron chi connectivity index (χ4n) is 4.29. The summed E-state index contributed by atoms with van der Waals surface area (Å²) in [6.07, 6.45) is 3.28. The SMILES string of the molecule is CC1SC(c2ccc(F)cc2)=CN1N1CC[C@H](C)[C@H]1c1nc2c(Cl)cccc2[nH]1. The van der Waals surface area contributed by atoms with Gasteiger partial charge in [-0.3, -0.25) is 5.01 Å². The van der Waals surface area contributed by atoms with Crippen molar-refractivity contribution in [2.24, 2.45) is 5.92 Å². The molecular formula is C22H22ClFN4S. The van der Waals surface area contributed by atoms with E-state index in [1.165, 1.54) is 12.1 Å². The van der Waals surface area contributed by atoms with Crippen LogP contribution < -0.4 is 0 Å². The van der Waals surface area contributed by atoms with Gasteiger partial charge in [0.25, 0.3) is 0 Å². The quantitative estimate of drug-likeness (QED) is 0.551. The molecule has 0 amide bonds. The number of H-pyrrole nitrogens is 1. The van der Waals surface area contributed by atoms with Crippen molar-refractivity contribution in [2.75, 3.05) is 6.54 Å². The molecule has 7 heteroatoms. The first kappa shape index (κ1) is 19.0. The molecule has 1 fully saturated rings. The predicted molar refractivity (Wildman–Crippen MR) is 118 cm³/mol. The van der Waals surface area contributed by atoms with E-state index in [1.807, 2.05) is 30.3 Å². The van der Waals surface area contributed by atoms with Gasteiger partial charge in [0.1, 0.15) is 17.2 Å². The van der Waals surface area contributed by atoms with Gasteiger partial charge in [-0.2, -0.15) is 0 Å². The fraction of sp³-hybridized carbons (Fsp3) is 0.318. The minimum absolute atomic E-state index is 0.158. The van der Waals surface area contributed by atoms with Crippen LogP contribution in [0.2, 0.25) is 5.02 Å². The van der Waals surface area contributed by atoms with E-state index in [1.54, 1.807) is 11.8 Å². The summed E-state index contributed by atoms with van der Waals surface area (Å²) in [5, 5.41) is 5.65. The van der Waals surface area contributed by atoms with Gasteiger partial charge in [0.05, 0.1) is 22.0 Å². The maximum Gasteiger partial charge on any atom is 0.126 e. The van der Waals surface area contributed by atoms with Gasteiger partial charge >= 0.3 is 0 Å². The molecule has 2 aliphatic heterocycles. The van der Waals surface area contributed by atoms with E-state index in [2.05, 4.69) is 35.0 Å². The van der Waals surface area contributed by atoms with Crippen LogP contribution >= 0.6 is 23.4 Å². The summed E-state index contributed by atoms with van der Waals surface area (Å²) in [4.78, 5) is 9.50. The van der Waals surface area contributed by atoms with E-state index < -0.39 is 0 Å². The number of aromatic nitrogens is 2. The Hall–Kier alpha value is -2.02. The van der Waals surface area contributed by atoms with Crippen LogP contribution in [0, 0.1) is 11.7 Å². The molecule has 0 spiro atoms. The van der Waals surface area contributed by atoms with Crippen molar-refractivity contribution in [2.45, 2.75) is 31.7 Å². The minimum Gasteiger partial charge on any atom is -0.341 e. The van der Waals surface area contributed by atoms with Gasteiger partial charge < -0.3 is 4.98 Å². The van der Waals surface area contributed by atoms with Crippen LogP contribution in [0.25, 0.3) is 15.9 Å². The molecule has 3 aromatic rings. The Kier molecular flexibility index (Phi) is 4.81.